The molecular formula is C12H7BrN2O2S3. The van der Waals surface area contributed by atoms with Gasteiger partial charge in [-0.15, -0.1) is 32.9 Å². The number of hydrogen-bond acceptors (Lipinski definition) is 7. The van der Waals surface area contributed by atoms with E-state index in [4.69, 9.17) is 4.42 Å². The molecule has 3 aromatic rings. The Hall–Kier alpha value is -0.960. The molecule has 3 rings (SSSR count). The minimum absolute atomic E-state index is 0.0570. The normalized spacial score (nSPS) is 10.8. The first-order chi connectivity index (χ1) is 9.72. The van der Waals surface area contributed by atoms with Crippen molar-refractivity contribution < 1.29 is 9.21 Å². The lowest BCUT2D eigenvalue weighted by Crippen LogP contribution is -1.98. The van der Waals surface area contributed by atoms with Gasteiger partial charge in [0.15, 0.2) is 5.78 Å². The Morgan fingerprint density at radius 3 is 2.95 bits per heavy atom. The summed E-state index contributed by atoms with van der Waals surface area (Å²) in [5, 5.41) is 10.3. The van der Waals surface area contributed by atoms with Crippen molar-refractivity contribution in [3.8, 4) is 10.8 Å². The van der Waals surface area contributed by atoms with Gasteiger partial charge in [-0.2, -0.15) is 0 Å². The van der Waals surface area contributed by atoms with Crippen LogP contribution in [0, 0.1) is 0 Å². The van der Waals surface area contributed by atoms with E-state index in [2.05, 4.69) is 26.1 Å². The molecule has 4 nitrogen and oxygen atoms in total. The fourth-order valence-electron chi connectivity index (χ4n) is 1.43. The second-order valence-corrected chi connectivity index (χ2v) is 8.00. The molecule has 0 unspecified atom stereocenters. The summed E-state index contributed by atoms with van der Waals surface area (Å²) in [6.07, 6.45) is 0. The number of rotatable bonds is 5. The second-order valence-electron chi connectivity index (χ2n) is 3.67. The SMILES string of the molecule is O=C(CSc1nnc(-c2cccs2)o1)c1ccc(Br)s1. The number of halogens is 1. The smallest absolute Gasteiger partial charge is 0.277 e. The van der Waals surface area contributed by atoms with Gasteiger partial charge in [0.05, 0.1) is 19.3 Å². The average molecular weight is 387 g/mol. The molecule has 0 aromatic carbocycles. The van der Waals surface area contributed by atoms with Gasteiger partial charge < -0.3 is 4.42 Å². The fourth-order valence-corrected chi connectivity index (χ4v) is 4.14. The third-order valence-corrected chi connectivity index (χ3v) is 5.65. The van der Waals surface area contributed by atoms with E-state index < -0.39 is 0 Å². The van der Waals surface area contributed by atoms with Crippen LogP contribution in [-0.4, -0.2) is 21.7 Å². The molecule has 0 fully saturated rings. The van der Waals surface area contributed by atoms with Crippen molar-refractivity contribution in [2.45, 2.75) is 5.22 Å². The minimum Gasteiger partial charge on any atom is -0.410 e. The van der Waals surface area contributed by atoms with Crippen LogP contribution >= 0.6 is 50.4 Å². The quantitative estimate of drug-likeness (QED) is 0.473. The number of ketones is 1. The van der Waals surface area contributed by atoms with Crippen LogP contribution in [0.2, 0.25) is 0 Å². The number of nitrogens with zero attached hydrogens (tertiary/aromatic N) is 2. The van der Waals surface area contributed by atoms with Crippen LogP contribution in [0.15, 0.2) is 43.1 Å². The monoisotopic (exact) mass is 386 g/mol. The van der Waals surface area contributed by atoms with Gasteiger partial charge in [-0.1, -0.05) is 17.8 Å². The maximum atomic E-state index is 11.9. The van der Waals surface area contributed by atoms with Crippen molar-refractivity contribution in [2.24, 2.45) is 0 Å². The van der Waals surface area contributed by atoms with Crippen LogP contribution in [0.4, 0.5) is 0 Å². The van der Waals surface area contributed by atoms with Gasteiger partial charge in [-0.05, 0) is 39.5 Å². The highest BCUT2D eigenvalue weighted by Gasteiger charge is 2.13. The molecule has 8 heteroatoms. The molecule has 0 aliphatic carbocycles. The maximum absolute atomic E-state index is 11.9. The topological polar surface area (TPSA) is 56.0 Å². The molecule has 3 heterocycles. The van der Waals surface area contributed by atoms with Crippen molar-refractivity contribution in [3.05, 3.63) is 38.3 Å². The number of thioether (sulfide) groups is 1. The highest BCUT2D eigenvalue weighted by atomic mass is 79.9. The Morgan fingerprint density at radius 1 is 1.35 bits per heavy atom. The lowest BCUT2D eigenvalue weighted by molar-refractivity contribution is 0.102. The van der Waals surface area contributed by atoms with Crippen LogP contribution in [0.3, 0.4) is 0 Å². The summed E-state index contributed by atoms with van der Waals surface area (Å²) in [7, 11) is 0. The maximum Gasteiger partial charge on any atom is 0.277 e. The number of carbonyl (C=O) groups is 1. The molecule has 0 radical (unpaired) electrons. The zero-order valence-corrected chi connectivity index (χ0v) is 13.9. The van der Waals surface area contributed by atoms with E-state index >= 15 is 0 Å². The molecule has 0 saturated carbocycles. The third-order valence-electron chi connectivity index (χ3n) is 2.31. The summed E-state index contributed by atoms with van der Waals surface area (Å²) >= 11 is 7.56. The minimum atomic E-state index is 0.0570. The summed E-state index contributed by atoms with van der Waals surface area (Å²) in [6, 6.07) is 7.52. The molecule has 0 aliphatic heterocycles. The highest BCUT2D eigenvalue weighted by molar-refractivity contribution is 9.11. The van der Waals surface area contributed by atoms with Crippen LogP contribution in [0.25, 0.3) is 10.8 Å². The molecule has 0 amide bonds. The Kier molecular flexibility index (Phi) is 4.35. The number of aromatic nitrogens is 2. The molecule has 102 valence electrons. The van der Waals surface area contributed by atoms with E-state index in [-0.39, 0.29) is 5.78 Å². The lowest BCUT2D eigenvalue weighted by Gasteiger charge is -1.93. The van der Waals surface area contributed by atoms with Crippen molar-refractivity contribution in [1.82, 2.24) is 10.2 Å². The molecule has 3 aromatic heterocycles. The number of carbonyl (C=O) groups excluding carboxylic acids is 1. The Morgan fingerprint density at radius 2 is 2.25 bits per heavy atom. The van der Waals surface area contributed by atoms with Gasteiger partial charge in [0.25, 0.3) is 11.1 Å². The lowest BCUT2D eigenvalue weighted by atomic mass is 10.4. The number of Topliss-reactive ketones (excluding diaryl/α,β-unsaturated/α-hetero) is 1. The molecule has 0 saturated heterocycles. The van der Waals surface area contributed by atoms with Gasteiger partial charge >= 0.3 is 0 Å². The van der Waals surface area contributed by atoms with Crippen molar-refractivity contribution in [3.63, 3.8) is 0 Å². The molecular weight excluding hydrogens is 380 g/mol. The van der Waals surface area contributed by atoms with Crippen LogP contribution in [0.1, 0.15) is 9.67 Å². The Labute approximate surface area is 135 Å². The standard InChI is InChI=1S/C12H7BrN2O2S3/c13-10-4-3-8(20-10)7(16)6-19-12-15-14-11(17-12)9-2-1-5-18-9/h1-5H,6H2. The number of thiophene rings is 2. The summed E-state index contributed by atoms with van der Waals surface area (Å²) in [5.74, 6) is 0.842. The van der Waals surface area contributed by atoms with Gasteiger partial charge in [0.1, 0.15) is 0 Å². The summed E-state index contributed by atoms with van der Waals surface area (Å²) in [4.78, 5) is 13.6. The van der Waals surface area contributed by atoms with E-state index in [1.807, 2.05) is 29.6 Å². The Bertz CT molecular complexity index is 721. The van der Waals surface area contributed by atoms with Gasteiger partial charge in [0, 0.05) is 0 Å². The largest absolute Gasteiger partial charge is 0.410 e. The van der Waals surface area contributed by atoms with E-state index in [1.54, 1.807) is 0 Å². The first-order valence-electron chi connectivity index (χ1n) is 5.51. The van der Waals surface area contributed by atoms with Gasteiger partial charge in [-0.25, -0.2) is 0 Å². The van der Waals surface area contributed by atoms with E-state index in [1.165, 1.54) is 34.4 Å². The molecule has 0 aliphatic rings. The second kappa shape index (κ2) is 6.21. The summed E-state index contributed by atoms with van der Waals surface area (Å²) in [6.45, 7) is 0. The molecule has 0 N–H and O–H groups in total. The van der Waals surface area contributed by atoms with Crippen molar-refractivity contribution in [1.29, 1.82) is 0 Å². The first kappa shape index (κ1) is 14.0. The molecule has 0 bridgehead atoms. The van der Waals surface area contributed by atoms with E-state index in [9.17, 15) is 4.79 Å². The zero-order valence-electron chi connectivity index (χ0n) is 9.91. The van der Waals surface area contributed by atoms with Crippen molar-refractivity contribution >= 4 is 56.1 Å². The van der Waals surface area contributed by atoms with Crippen LogP contribution in [0.5, 0.6) is 0 Å². The highest BCUT2D eigenvalue weighted by Crippen LogP contribution is 2.28. The molecule has 20 heavy (non-hydrogen) atoms. The van der Waals surface area contributed by atoms with Gasteiger partial charge in [-0.3, -0.25) is 4.79 Å². The number of hydrogen-bond donors (Lipinski definition) is 0. The molecule has 0 spiro atoms. The first-order valence-corrected chi connectivity index (χ1v) is 8.98. The predicted octanol–water partition coefficient (Wildman–Crippen LogP) is 4.60. The molecule has 0 atom stereocenters. The Balaban J connectivity index is 1.63. The van der Waals surface area contributed by atoms with Gasteiger partial charge in [0.2, 0.25) is 0 Å². The average Bonchev–Trinajstić information content (AvgIpc) is 3.16. The third kappa shape index (κ3) is 3.20. The summed E-state index contributed by atoms with van der Waals surface area (Å²) in [5.41, 5.74) is 0. The zero-order chi connectivity index (χ0) is 13.9. The van der Waals surface area contributed by atoms with E-state index in [0.717, 1.165) is 13.5 Å². The van der Waals surface area contributed by atoms with E-state index in [0.29, 0.717) is 16.9 Å². The van der Waals surface area contributed by atoms with Crippen LogP contribution in [-0.2, 0) is 0 Å². The summed E-state index contributed by atoms with van der Waals surface area (Å²) < 4.78 is 6.46. The fraction of sp³-hybridized carbons (Fsp3) is 0.0833. The predicted molar refractivity (Wildman–Crippen MR) is 84.7 cm³/mol. The van der Waals surface area contributed by atoms with Crippen molar-refractivity contribution in [2.75, 3.05) is 5.75 Å². The van der Waals surface area contributed by atoms with Crippen LogP contribution < -0.4 is 0 Å².